The van der Waals surface area contributed by atoms with E-state index in [4.69, 9.17) is 0 Å². The second kappa shape index (κ2) is 4.72. The first-order valence-corrected chi connectivity index (χ1v) is 4.96. The standard InChI is InChI=1S/C10H15N3O2/c1-4-12(5-2)10-9(13(14)15)6-8(3)7-11-10/h6-7H,4-5H2,1-3H3. The number of rotatable bonds is 4. The fourth-order valence-electron chi connectivity index (χ4n) is 1.45. The van der Waals surface area contributed by atoms with Crippen molar-refractivity contribution in [3.63, 3.8) is 0 Å². The van der Waals surface area contributed by atoms with Gasteiger partial charge in [-0.1, -0.05) is 0 Å². The predicted octanol–water partition coefficient (Wildman–Crippen LogP) is 2.14. The minimum Gasteiger partial charge on any atom is -0.351 e. The Kier molecular flexibility index (Phi) is 3.60. The molecule has 0 aliphatic carbocycles. The molecule has 0 saturated carbocycles. The summed E-state index contributed by atoms with van der Waals surface area (Å²) < 4.78 is 0. The maximum atomic E-state index is 10.8. The van der Waals surface area contributed by atoms with Crippen LogP contribution in [0.4, 0.5) is 11.5 Å². The smallest absolute Gasteiger partial charge is 0.311 e. The van der Waals surface area contributed by atoms with Gasteiger partial charge >= 0.3 is 5.69 Å². The predicted molar refractivity (Wildman–Crippen MR) is 59.2 cm³/mol. The van der Waals surface area contributed by atoms with Gasteiger partial charge in [0.15, 0.2) is 0 Å². The third-order valence-electron chi connectivity index (χ3n) is 2.24. The van der Waals surface area contributed by atoms with Crippen molar-refractivity contribution >= 4 is 11.5 Å². The molecule has 1 rings (SSSR count). The number of hydrogen-bond acceptors (Lipinski definition) is 4. The highest BCUT2D eigenvalue weighted by atomic mass is 16.6. The van der Waals surface area contributed by atoms with Crippen molar-refractivity contribution in [1.29, 1.82) is 0 Å². The first-order chi connectivity index (χ1) is 7.10. The van der Waals surface area contributed by atoms with E-state index < -0.39 is 0 Å². The average molecular weight is 209 g/mol. The van der Waals surface area contributed by atoms with Crippen LogP contribution in [0.1, 0.15) is 19.4 Å². The van der Waals surface area contributed by atoms with E-state index in [0.29, 0.717) is 18.9 Å². The second-order valence-corrected chi connectivity index (χ2v) is 3.28. The molecule has 15 heavy (non-hydrogen) atoms. The van der Waals surface area contributed by atoms with E-state index in [1.165, 1.54) is 0 Å². The van der Waals surface area contributed by atoms with E-state index in [-0.39, 0.29) is 10.6 Å². The molecule has 0 fully saturated rings. The molecule has 0 N–H and O–H groups in total. The fraction of sp³-hybridized carbons (Fsp3) is 0.500. The summed E-state index contributed by atoms with van der Waals surface area (Å²) in [6.45, 7) is 7.14. The average Bonchev–Trinajstić information content (AvgIpc) is 2.21. The number of aryl methyl sites for hydroxylation is 1. The Labute approximate surface area is 88.9 Å². The summed E-state index contributed by atoms with van der Waals surface area (Å²) in [4.78, 5) is 16.5. The van der Waals surface area contributed by atoms with Crippen molar-refractivity contribution in [2.75, 3.05) is 18.0 Å². The molecule has 1 aromatic heterocycles. The van der Waals surface area contributed by atoms with Crippen LogP contribution in [0.5, 0.6) is 0 Å². The largest absolute Gasteiger partial charge is 0.351 e. The van der Waals surface area contributed by atoms with E-state index in [2.05, 4.69) is 4.98 Å². The van der Waals surface area contributed by atoms with E-state index >= 15 is 0 Å². The van der Waals surface area contributed by atoms with Gasteiger partial charge in [-0.3, -0.25) is 10.1 Å². The Bertz CT molecular complexity index is 362. The molecule has 0 aromatic carbocycles. The van der Waals surface area contributed by atoms with Crippen LogP contribution in [0.3, 0.4) is 0 Å². The molecule has 0 amide bonds. The van der Waals surface area contributed by atoms with Gasteiger partial charge in [0.05, 0.1) is 4.92 Å². The lowest BCUT2D eigenvalue weighted by Gasteiger charge is -2.19. The Hall–Kier alpha value is -1.65. The Morgan fingerprint density at radius 2 is 2.07 bits per heavy atom. The van der Waals surface area contributed by atoms with Gasteiger partial charge in [-0.2, -0.15) is 0 Å². The van der Waals surface area contributed by atoms with Crippen molar-refractivity contribution in [3.8, 4) is 0 Å². The Morgan fingerprint density at radius 3 is 2.53 bits per heavy atom. The third-order valence-corrected chi connectivity index (χ3v) is 2.24. The number of hydrogen-bond donors (Lipinski definition) is 0. The molecule has 0 aliphatic heterocycles. The summed E-state index contributed by atoms with van der Waals surface area (Å²) >= 11 is 0. The van der Waals surface area contributed by atoms with Gasteiger partial charge in [0.1, 0.15) is 0 Å². The Morgan fingerprint density at radius 1 is 1.47 bits per heavy atom. The fourth-order valence-corrected chi connectivity index (χ4v) is 1.45. The normalized spacial score (nSPS) is 10.1. The zero-order valence-electron chi connectivity index (χ0n) is 9.23. The van der Waals surface area contributed by atoms with Gasteiger partial charge < -0.3 is 4.90 Å². The van der Waals surface area contributed by atoms with Crippen LogP contribution in [0.25, 0.3) is 0 Å². The summed E-state index contributed by atoms with van der Waals surface area (Å²) in [5.74, 6) is 0.454. The van der Waals surface area contributed by atoms with Crippen LogP contribution in [0.15, 0.2) is 12.3 Å². The van der Waals surface area contributed by atoms with Crippen molar-refractivity contribution in [2.24, 2.45) is 0 Å². The van der Waals surface area contributed by atoms with E-state index in [9.17, 15) is 10.1 Å². The van der Waals surface area contributed by atoms with E-state index in [0.717, 1.165) is 5.56 Å². The highest BCUT2D eigenvalue weighted by molar-refractivity contribution is 5.58. The number of nitro groups is 1. The molecule has 1 heterocycles. The molecule has 5 heteroatoms. The minimum atomic E-state index is -0.381. The van der Waals surface area contributed by atoms with Gasteiger partial charge in [0.25, 0.3) is 0 Å². The molecule has 0 saturated heterocycles. The topological polar surface area (TPSA) is 59.3 Å². The summed E-state index contributed by atoms with van der Waals surface area (Å²) in [5, 5.41) is 10.8. The molecule has 1 aromatic rings. The van der Waals surface area contributed by atoms with Crippen molar-refractivity contribution in [3.05, 3.63) is 27.9 Å². The molecular formula is C10H15N3O2. The van der Waals surface area contributed by atoms with Crippen LogP contribution in [-0.4, -0.2) is 23.0 Å². The van der Waals surface area contributed by atoms with Crippen LogP contribution < -0.4 is 4.90 Å². The van der Waals surface area contributed by atoms with Crippen LogP contribution >= 0.6 is 0 Å². The Balaban J connectivity index is 3.21. The maximum absolute atomic E-state index is 10.8. The van der Waals surface area contributed by atoms with E-state index in [1.54, 1.807) is 19.2 Å². The first kappa shape index (κ1) is 11.4. The highest BCUT2D eigenvalue weighted by Crippen LogP contribution is 2.25. The minimum absolute atomic E-state index is 0.0821. The number of pyridine rings is 1. The van der Waals surface area contributed by atoms with E-state index in [1.807, 2.05) is 18.7 Å². The number of nitrogens with zero attached hydrogens (tertiary/aromatic N) is 3. The molecule has 0 radical (unpaired) electrons. The lowest BCUT2D eigenvalue weighted by molar-refractivity contribution is -0.384. The maximum Gasteiger partial charge on any atom is 0.311 e. The monoisotopic (exact) mass is 209 g/mol. The molecule has 82 valence electrons. The van der Waals surface area contributed by atoms with Gasteiger partial charge in [-0.05, 0) is 26.3 Å². The molecule has 0 unspecified atom stereocenters. The second-order valence-electron chi connectivity index (χ2n) is 3.28. The number of aromatic nitrogens is 1. The molecular weight excluding hydrogens is 194 g/mol. The third kappa shape index (κ3) is 2.43. The van der Waals surface area contributed by atoms with Gasteiger partial charge in [0, 0.05) is 25.4 Å². The lowest BCUT2D eigenvalue weighted by atomic mass is 10.2. The van der Waals surface area contributed by atoms with Gasteiger partial charge in [-0.25, -0.2) is 4.98 Å². The summed E-state index contributed by atoms with van der Waals surface area (Å²) in [6, 6.07) is 1.56. The SMILES string of the molecule is CCN(CC)c1ncc(C)cc1[N+](=O)[O-]. The quantitative estimate of drug-likeness (QED) is 0.563. The zero-order chi connectivity index (χ0) is 11.4. The molecule has 0 spiro atoms. The van der Waals surface area contributed by atoms with Gasteiger partial charge in [0.2, 0.25) is 5.82 Å². The lowest BCUT2D eigenvalue weighted by Crippen LogP contribution is -2.24. The molecule has 0 atom stereocenters. The summed E-state index contributed by atoms with van der Waals surface area (Å²) in [7, 11) is 0. The molecule has 0 bridgehead atoms. The summed E-state index contributed by atoms with van der Waals surface area (Å²) in [6.07, 6.45) is 1.65. The van der Waals surface area contributed by atoms with Crippen LogP contribution in [0, 0.1) is 17.0 Å². The van der Waals surface area contributed by atoms with Crippen molar-refractivity contribution < 1.29 is 4.92 Å². The first-order valence-electron chi connectivity index (χ1n) is 4.96. The van der Waals surface area contributed by atoms with Gasteiger partial charge in [-0.15, -0.1) is 0 Å². The summed E-state index contributed by atoms with van der Waals surface area (Å²) in [5.41, 5.74) is 0.885. The highest BCUT2D eigenvalue weighted by Gasteiger charge is 2.19. The van der Waals surface area contributed by atoms with Crippen LogP contribution in [0.2, 0.25) is 0 Å². The number of anilines is 1. The van der Waals surface area contributed by atoms with Crippen molar-refractivity contribution in [1.82, 2.24) is 4.98 Å². The van der Waals surface area contributed by atoms with Crippen LogP contribution in [-0.2, 0) is 0 Å². The molecule has 5 nitrogen and oxygen atoms in total. The zero-order valence-corrected chi connectivity index (χ0v) is 9.23. The van der Waals surface area contributed by atoms with Crippen molar-refractivity contribution in [2.45, 2.75) is 20.8 Å². The molecule has 0 aliphatic rings.